The molecular weight excluding hydrogens is 195 g/mol. The first-order valence-electron chi connectivity index (χ1n) is 3.46. The van der Waals surface area contributed by atoms with E-state index in [2.05, 4.69) is 0 Å². The van der Waals surface area contributed by atoms with E-state index in [4.69, 9.17) is 5.84 Å². The number of nitrogens with one attached hydrogen (secondary N) is 1. The average molecular weight is 204 g/mol. The Morgan fingerprint density at radius 3 is 2.54 bits per heavy atom. The number of nitrogens with two attached hydrogens (primary N) is 1. The summed E-state index contributed by atoms with van der Waals surface area (Å²) in [6.07, 6.45) is 0. The summed E-state index contributed by atoms with van der Waals surface area (Å²) in [4.78, 5) is 1.61. The summed E-state index contributed by atoms with van der Waals surface area (Å²) in [6, 6.07) is 3.45. The first-order valence-corrected chi connectivity index (χ1v) is 4.94. The average Bonchev–Trinajstić information content (AvgIpc) is 2.09. The summed E-state index contributed by atoms with van der Waals surface area (Å²) in [5, 5.41) is 0. The van der Waals surface area contributed by atoms with Crippen molar-refractivity contribution in [2.45, 2.75) is 11.8 Å². The predicted molar refractivity (Wildman–Crippen MR) is 45.6 cm³/mol. The minimum atomic E-state index is -3.68. The van der Waals surface area contributed by atoms with Gasteiger partial charge in [-0.3, -0.25) is 5.84 Å². The molecule has 72 valence electrons. The van der Waals surface area contributed by atoms with E-state index < -0.39 is 15.8 Å². The smallest absolute Gasteiger partial charge is 0.253 e. The third-order valence-corrected chi connectivity index (χ3v) is 2.78. The number of sulfonamides is 1. The van der Waals surface area contributed by atoms with Crippen LogP contribution in [0, 0.1) is 12.7 Å². The van der Waals surface area contributed by atoms with E-state index in [-0.39, 0.29) is 10.5 Å². The van der Waals surface area contributed by atoms with Crippen molar-refractivity contribution < 1.29 is 12.8 Å². The molecule has 0 aliphatic carbocycles. The van der Waals surface area contributed by atoms with Crippen molar-refractivity contribution in [3.63, 3.8) is 0 Å². The van der Waals surface area contributed by atoms with E-state index in [0.717, 1.165) is 12.1 Å². The molecule has 0 amide bonds. The number of rotatable bonds is 2. The zero-order valence-corrected chi connectivity index (χ0v) is 7.73. The Balaban J connectivity index is 3.27. The van der Waals surface area contributed by atoms with Gasteiger partial charge in [-0.05, 0) is 30.7 Å². The van der Waals surface area contributed by atoms with Gasteiger partial charge in [0.15, 0.2) is 0 Å². The predicted octanol–water partition coefficient (Wildman–Crippen LogP) is 0.286. The lowest BCUT2D eigenvalue weighted by Gasteiger charge is -2.03. The second-order valence-corrected chi connectivity index (χ2v) is 4.25. The second-order valence-electron chi connectivity index (χ2n) is 2.53. The number of hydrazine groups is 1. The van der Waals surface area contributed by atoms with Crippen LogP contribution in [0.3, 0.4) is 0 Å². The van der Waals surface area contributed by atoms with Crippen LogP contribution in [0.4, 0.5) is 4.39 Å². The zero-order valence-electron chi connectivity index (χ0n) is 6.91. The van der Waals surface area contributed by atoms with Gasteiger partial charge in [-0.15, -0.1) is 0 Å². The molecule has 1 rings (SSSR count). The van der Waals surface area contributed by atoms with Gasteiger partial charge in [-0.1, -0.05) is 0 Å². The fourth-order valence-corrected chi connectivity index (χ4v) is 1.57. The van der Waals surface area contributed by atoms with Crippen molar-refractivity contribution in [1.82, 2.24) is 4.83 Å². The Kier molecular flexibility index (Phi) is 2.65. The number of hydrogen-bond acceptors (Lipinski definition) is 3. The van der Waals surface area contributed by atoms with Gasteiger partial charge in [-0.2, -0.15) is 4.83 Å². The van der Waals surface area contributed by atoms with Crippen LogP contribution in [0.25, 0.3) is 0 Å². The highest BCUT2D eigenvalue weighted by atomic mass is 32.2. The molecule has 1 aromatic rings. The molecule has 0 saturated carbocycles. The minimum Gasteiger partial charge on any atom is -0.257 e. The quantitative estimate of drug-likeness (QED) is 0.537. The summed E-state index contributed by atoms with van der Waals surface area (Å²) in [6.45, 7) is 1.48. The van der Waals surface area contributed by atoms with Crippen LogP contribution < -0.4 is 10.7 Å². The molecule has 0 spiro atoms. The lowest BCUT2D eigenvalue weighted by atomic mass is 10.2. The molecule has 0 fully saturated rings. The van der Waals surface area contributed by atoms with E-state index >= 15 is 0 Å². The zero-order chi connectivity index (χ0) is 10.1. The van der Waals surface area contributed by atoms with Gasteiger partial charge in [0.2, 0.25) is 0 Å². The molecule has 0 aliphatic rings. The van der Waals surface area contributed by atoms with Crippen molar-refractivity contribution in [3.05, 3.63) is 29.6 Å². The Bertz CT molecular complexity index is 417. The Morgan fingerprint density at radius 2 is 2.08 bits per heavy atom. The normalized spacial score (nSPS) is 11.6. The first kappa shape index (κ1) is 10.1. The molecule has 0 saturated heterocycles. The van der Waals surface area contributed by atoms with Gasteiger partial charge in [0.05, 0.1) is 4.90 Å². The van der Waals surface area contributed by atoms with E-state index in [1.807, 2.05) is 0 Å². The molecule has 0 radical (unpaired) electrons. The molecule has 0 atom stereocenters. The molecule has 4 nitrogen and oxygen atoms in total. The maximum Gasteiger partial charge on any atom is 0.253 e. The number of halogens is 1. The standard InChI is InChI=1S/C7H9FN2O2S/c1-5-4-6(2-3-7(5)8)13(11,12)10-9/h2-4,10H,9H2,1H3. The molecule has 3 N–H and O–H groups in total. The van der Waals surface area contributed by atoms with Gasteiger partial charge >= 0.3 is 0 Å². The third-order valence-electron chi connectivity index (χ3n) is 1.59. The molecule has 0 heterocycles. The van der Waals surface area contributed by atoms with Crippen LogP contribution >= 0.6 is 0 Å². The highest BCUT2D eigenvalue weighted by Gasteiger charge is 2.12. The van der Waals surface area contributed by atoms with Gasteiger partial charge in [0, 0.05) is 0 Å². The van der Waals surface area contributed by atoms with Crippen LogP contribution in [0.5, 0.6) is 0 Å². The Morgan fingerprint density at radius 1 is 1.46 bits per heavy atom. The van der Waals surface area contributed by atoms with E-state index in [1.165, 1.54) is 13.0 Å². The first-order chi connectivity index (χ1) is 5.97. The Labute approximate surface area is 75.6 Å². The lowest BCUT2D eigenvalue weighted by molar-refractivity contribution is 0.582. The van der Waals surface area contributed by atoms with Gasteiger partial charge in [-0.25, -0.2) is 12.8 Å². The van der Waals surface area contributed by atoms with Gasteiger partial charge in [0.25, 0.3) is 10.0 Å². The van der Waals surface area contributed by atoms with Crippen LogP contribution in [-0.2, 0) is 10.0 Å². The molecule has 6 heteroatoms. The summed E-state index contributed by atoms with van der Waals surface area (Å²) >= 11 is 0. The SMILES string of the molecule is Cc1cc(S(=O)(=O)NN)ccc1F. The molecular formula is C7H9FN2O2S. The summed E-state index contributed by atoms with van der Waals surface area (Å²) < 4.78 is 35.0. The minimum absolute atomic E-state index is 0.0473. The molecule has 1 aromatic carbocycles. The maximum atomic E-state index is 12.7. The van der Waals surface area contributed by atoms with Crippen LogP contribution in [0.15, 0.2) is 23.1 Å². The highest BCUT2D eigenvalue weighted by molar-refractivity contribution is 7.89. The van der Waals surface area contributed by atoms with Crippen molar-refractivity contribution in [1.29, 1.82) is 0 Å². The van der Waals surface area contributed by atoms with Crippen molar-refractivity contribution in [3.8, 4) is 0 Å². The molecule has 0 aromatic heterocycles. The van der Waals surface area contributed by atoms with Crippen molar-refractivity contribution in [2.75, 3.05) is 0 Å². The summed E-state index contributed by atoms with van der Waals surface area (Å²) in [5.41, 5.74) is 0.260. The van der Waals surface area contributed by atoms with E-state index in [1.54, 1.807) is 4.83 Å². The number of benzene rings is 1. The van der Waals surface area contributed by atoms with Crippen molar-refractivity contribution in [2.24, 2.45) is 5.84 Å². The maximum absolute atomic E-state index is 12.7. The van der Waals surface area contributed by atoms with Crippen LogP contribution in [0.2, 0.25) is 0 Å². The van der Waals surface area contributed by atoms with E-state index in [9.17, 15) is 12.8 Å². The van der Waals surface area contributed by atoms with Crippen molar-refractivity contribution >= 4 is 10.0 Å². The number of aryl methyl sites for hydroxylation is 1. The Hall–Kier alpha value is -0.980. The van der Waals surface area contributed by atoms with Gasteiger partial charge in [0.1, 0.15) is 5.82 Å². The molecule has 0 aliphatic heterocycles. The molecule has 0 unspecified atom stereocenters. The fraction of sp³-hybridized carbons (Fsp3) is 0.143. The van der Waals surface area contributed by atoms with Gasteiger partial charge < -0.3 is 0 Å². The van der Waals surface area contributed by atoms with Crippen LogP contribution in [0.1, 0.15) is 5.56 Å². The van der Waals surface area contributed by atoms with E-state index in [0.29, 0.717) is 0 Å². The fourth-order valence-electron chi connectivity index (χ4n) is 0.852. The summed E-state index contributed by atoms with van der Waals surface area (Å²) in [7, 11) is -3.68. The highest BCUT2D eigenvalue weighted by Crippen LogP contribution is 2.13. The summed E-state index contributed by atoms with van der Waals surface area (Å²) in [5.74, 6) is 4.35. The van der Waals surface area contributed by atoms with Crippen LogP contribution in [-0.4, -0.2) is 8.42 Å². The lowest BCUT2D eigenvalue weighted by Crippen LogP contribution is -2.30. The monoisotopic (exact) mass is 204 g/mol. The molecule has 0 bridgehead atoms. The molecule has 13 heavy (non-hydrogen) atoms. The number of hydrogen-bond donors (Lipinski definition) is 2. The third kappa shape index (κ3) is 2.03. The second kappa shape index (κ2) is 3.41. The largest absolute Gasteiger partial charge is 0.257 e. The topological polar surface area (TPSA) is 72.2 Å².